The van der Waals surface area contributed by atoms with Gasteiger partial charge in [-0.2, -0.15) is 0 Å². The second kappa shape index (κ2) is 4.61. The molecular weight excluding hydrogens is 226 g/mol. The van der Waals surface area contributed by atoms with E-state index >= 15 is 0 Å². The lowest BCUT2D eigenvalue weighted by atomic mass is 10.1. The average Bonchev–Trinajstić information content (AvgIpc) is 2.93. The first kappa shape index (κ1) is 11.5. The molecular formula is C14H19N3O. The molecule has 0 radical (unpaired) electrons. The van der Waals surface area contributed by atoms with Crippen LogP contribution in [0.15, 0.2) is 24.3 Å². The smallest absolute Gasteiger partial charge is 0.320 e. The van der Waals surface area contributed by atoms with Crippen LogP contribution in [0.5, 0.6) is 0 Å². The summed E-state index contributed by atoms with van der Waals surface area (Å²) in [6.07, 6.45) is 1.12. The molecule has 4 heteroatoms. The summed E-state index contributed by atoms with van der Waals surface area (Å²) in [4.78, 5) is 14.2. The van der Waals surface area contributed by atoms with E-state index in [1.54, 1.807) is 0 Å². The second-order valence-electron chi connectivity index (χ2n) is 5.26. The molecule has 0 unspecified atom stereocenters. The molecule has 0 aliphatic carbocycles. The zero-order valence-electron chi connectivity index (χ0n) is 10.6. The van der Waals surface area contributed by atoms with Crippen molar-refractivity contribution in [2.45, 2.75) is 19.4 Å². The minimum atomic E-state index is 0.0371. The number of fused-ring (bicyclic) bond motifs is 1. The lowest BCUT2D eigenvalue weighted by Gasteiger charge is -2.23. The van der Waals surface area contributed by atoms with Crippen molar-refractivity contribution in [3.05, 3.63) is 29.8 Å². The maximum atomic E-state index is 12.2. The third kappa shape index (κ3) is 2.08. The number of rotatable bonds is 1. The number of likely N-dealkylation sites (tertiary alicyclic amines) is 1. The number of hydrogen-bond donors (Lipinski definition) is 2. The largest absolute Gasteiger partial charge is 0.322 e. The minimum absolute atomic E-state index is 0.0371. The molecule has 2 amide bonds. The van der Waals surface area contributed by atoms with Gasteiger partial charge >= 0.3 is 6.03 Å². The zero-order chi connectivity index (χ0) is 12.5. The molecule has 96 valence electrons. The van der Waals surface area contributed by atoms with E-state index in [0.717, 1.165) is 31.7 Å². The van der Waals surface area contributed by atoms with Crippen molar-refractivity contribution in [2.24, 2.45) is 5.92 Å². The molecule has 2 fully saturated rings. The van der Waals surface area contributed by atoms with E-state index in [-0.39, 0.29) is 6.03 Å². The van der Waals surface area contributed by atoms with Crippen LogP contribution >= 0.6 is 0 Å². The van der Waals surface area contributed by atoms with E-state index in [0.29, 0.717) is 12.0 Å². The van der Waals surface area contributed by atoms with Crippen molar-refractivity contribution in [3.8, 4) is 0 Å². The minimum Gasteiger partial charge on any atom is -0.320 e. The summed E-state index contributed by atoms with van der Waals surface area (Å²) < 4.78 is 0. The third-order valence-electron chi connectivity index (χ3n) is 4.01. The fourth-order valence-corrected chi connectivity index (χ4v) is 2.93. The number of benzene rings is 1. The number of carbonyl (C=O) groups is 1. The highest BCUT2D eigenvalue weighted by molar-refractivity contribution is 5.89. The van der Waals surface area contributed by atoms with Gasteiger partial charge in [0.15, 0.2) is 0 Å². The van der Waals surface area contributed by atoms with Gasteiger partial charge < -0.3 is 15.5 Å². The van der Waals surface area contributed by atoms with E-state index in [1.165, 1.54) is 5.56 Å². The number of anilines is 1. The number of nitrogens with one attached hydrogen (secondary N) is 2. The monoisotopic (exact) mass is 245 g/mol. The maximum absolute atomic E-state index is 12.2. The molecule has 18 heavy (non-hydrogen) atoms. The van der Waals surface area contributed by atoms with Crippen LogP contribution in [-0.2, 0) is 0 Å². The SMILES string of the molecule is Cc1ccc(NC(=O)N2CC[C@@H]3CNC[C@@H]32)cc1. The number of aryl methyl sites for hydroxylation is 1. The molecule has 0 aromatic heterocycles. The Balaban J connectivity index is 1.66. The molecule has 2 aliphatic rings. The van der Waals surface area contributed by atoms with Crippen LogP contribution in [0.2, 0.25) is 0 Å². The van der Waals surface area contributed by atoms with E-state index in [2.05, 4.69) is 10.6 Å². The van der Waals surface area contributed by atoms with Gasteiger partial charge in [0.2, 0.25) is 0 Å². The predicted molar refractivity (Wildman–Crippen MR) is 71.7 cm³/mol. The fourth-order valence-electron chi connectivity index (χ4n) is 2.93. The van der Waals surface area contributed by atoms with Crippen LogP contribution < -0.4 is 10.6 Å². The Morgan fingerprint density at radius 3 is 2.89 bits per heavy atom. The zero-order valence-corrected chi connectivity index (χ0v) is 10.6. The number of hydrogen-bond acceptors (Lipinski definition) is 2. The van der Waals surface area contributed by atoms with Gasteiger partial charge in [-0.15, -0.1) is 0 Å². The van der Waals surface area contributed by atoms with Gasteiger partial charge in [0, 0.05) is 31.4 Å². The van der Waals surface area contributed by atoms with Crippen LogP contribution in [-0.4, -0.2) is 36.6 Å². The molecule has 2 N–H and O–H groups in total. The summed E-state index contributed by atoms with van der Waals surface area (Å²) in [5.41, 5.74) is 2.08. The Kier molecular flexibility index (Phi) is 2.96. The van der Waals surface area contributed by atoms with Gasteiger partial charge in [0.1, 0.15) is 0 Å². The lowest BCUT2D eigenvalue weighted by Crippen LogP contribution is -2.41. The Morgan fingerprint density at radius 2 is 2.11 bits per heavy atom. The quantitative estimate of drug-likeness (QED) is 0.792. The molecule has 0 bridgehead atoms. The highest BCUT2D eigenvalue weighted by Gasteiger charge is 2.39. The molecule has 1 aromatic carbocycles. The van der Waals surface area contributed by atoms with E-state index in [4.69, 9.17) is 0 Å². The number of nitrogens with zero attached hydrogens (tertiary/aromatic N) is 1. The fraction of sp³-hybridized carbons (Fsp3) is 0.500. The third-order valence-corrected chi connectivity index (χ3v) is 4.01. The molecule has 2 atom stereocenters. The standard InChI is InChI=1S/C14H19N3O/c1-10-2-4-12(5-3-10)16-14(18)17-7-6-11-8-15-9-13(11)17/h2-5,11,13,15H,6-9H2,1H3,(H,16,18)/t11-,13+/m1/s1. The van der Waals surface area contributed by atoms with Crippen molar-refractivity contribution >= 4 is 11.7 Å². The van der Waals surface area contributed by atoms with Crippen molar-refractivity contribution < 1.29 is 4.79 Å². The highest BCUT2D eigenvalue weighted by atomic mass is 16.2. The van der Waals surface area contributed by atoms with Crippen LogP contribution in [0.1, 0.15) is 12.0 Å². The topological polar surface area (TPSA) is 44.4 Å². The van der Waals surface area contributed by atoms with Gasteiger partial charge in [-0.25, -0.2) is 4.79 Å². The van der Waals surface area contributed by atoms with E-state index in [9.17, 15) is 4.79 Å². The molecule has 4 nitrogen and oxygen atoms in total. The molecule has 3 rings (SSSR count). The molecule has 0 spiro atoms. The van der Waals surface area contributed by atoms with Gasteiger partial charge in [-0.05, 0) is 31.4 Å². The van der Waals surface area contributed by atoms with Gasteiger partial charge in [-0.3, -0.25) is 0 Å². The first-order chi connectivity index (χ1) is 8.74. The summed E-state index contributed by atoms with van der Waals surface area (Å²) in [7, 11) is 0. The maximum Gasteiger partial charge on any atom is 0.322 e. The summed E-state index contributed by atoms with van der Waals surface area (Å²) >= 11 is 0. The first-order valence-corrected chi connectivity index (χ1v) is 6.59. The van der Waals surface area contributed by atoms with E-state index in [1.807, 2.05) is 36.1 Å². The summed E-state index contributed by atoms with van der Waals surface area (Å²) in [5, 5.41) is 6.34. The second-order valence-corrected chi connectivity index (χ2v) is 5.26. The van der Waals surface area contributed by atoms with Crippen LogP contribution in [0.3, 0.4) is 0 Å². The van der Waals surface area contributed by atoms with E-state index < -0.39 is 0 Å². The molecule has 1 aromatic rings. The number of carbonyl (C=O) groups excluding carboxylic acids is 1. The molecule has 2 aliphatic heterocycles. The molecule has 0 saturated carbocycles. The van der Waals surface area contributed by atoms with Gasteiger partial charge in [0.05, 0.1) is 0 Å². The van der Waals surface area contributed by atoms with Crippen LogP contribution in [0, 0.1) is 12.8 Å². The van der Waals surface area contributed by atoms with Gasteiger partial charge in [0.25, 0.3) is 0 Å². The van der Waals surface area contributed by atoms with Crippen LogP contribution in [0.4, 0.5) is 10.5 Å². The summed E-state index contributed by atoms with van der Waals surface area (Å²) in [6, 6.07) is 8.35. The summed E-state index contributed by atoms with van der Waals surface area (Å²) in [5.74, 6) is 0.647. The van der Waals surface area contributed by atoms with Crippen LogP contribution in [0.25, 0.3) is 0 Å². The summed E-state index contributed by atoms with van der Waals surface area (Å²) in [6.45, 7) is 4.92. The Morgan fingerprint density at radius 1 is 1.33 bits per heavy atom. The highest BCUT2D eigenvalue weighted by Crippen LogP contribution is 2.27. The average molecular weight is 245 g/mol. The Labute approximate surface area is 107 Å². The van der Waals surface area contributed by atoms with Gasteiger partial charge in [-0.1, -0.05) is 17.7 Å². The normalized spacial score (nSPS) is 26.2. The van der Waals surface area contributed by atoms with Crippen molar-refractivity contribution in [2.75, 3.05) is 25.0 Å². The van der Waals surface area contributed by atoms with Crippen molar-refractivity contribution in [3.63, 3.8) is 0 Å². The molecule has 2 heterocycles. The first-order valence-electron chi connectivity index (χ1n) is 6.59. The molecule has 2 saturated heterocycles. The lowest BCUT2D eigenvalue weighted by molar-refractivity contribution is 0.206. The van der Waals surface area contributed by atoms with Crippen molar-refractivity contribution in [1.29, 1.82) is 0 Å². The number of amides is 2. The van der Waals surface area contributed by atoms with Crippen molar-refractivity contribution in [1.82, 2.24) is 10.2 Å². The Hall–Kier alpha value is -1.55. The predicted octanol–water partition coefficient (Wildman–Crippen LogP) is 1.82. The Bertz CT molecular complexity index is 443. The number of urea groups is 1.